The zero-order chi connectivity index (χ0) is 19.3. The Morgan fingerprint density at radius 1 is 1.04 bits per heavy atom. The van der Waals surface area contributed by atoms with Crippen molar-refractivity contribution in [3.63, 3.8) is 0 Å². The van der Waals surface area contributed by atoms with Crippen LogP contribution in [0.25, 0.3) is 0 Å². The lowest BCUT2D eigenvalue weighted by Gasteiger charge is -2.32. The van der Waals surface area contributed by atoms with Gasteiger partial charge < -0.3 is 15.0 Å². The van der Waals surface area contributed by atoms with E-state index in [9.17, 15) is 13.2 Å². The standard InChI is InChI=1S/C20H22ClF3N2O/c21-14-16-13-19(26-9-7-25-8-10-26)18(20(22,23)24)12-15(16)6-11-27-17-4-2-1-3-5-17/h1-5,12-13,25H,6-11,14H2. The predicted octanol–water partition coefficient (Wildman–Crippen LogP) is 4.48. The molecule has 0 aromatic heterocycles. The number of piperazine rings is 1. The number of nitrogens with one attached hydrogen (secondary N) is 1. The van der Waals surface area contributed by atoms with Crippen molar-refractivity contribution in [1.82, 2.24) is 5.32 Å². The van der Waals surface area contributed by atoms with E-state index >= 15 is 0 Å². The molecule has 3 rings (SSSR count). The number of rotatable bonds is 6. The van der Waals surface area contributed by atoms with Gasteiger partial charge in [0.2, 0.25) is 0 Å². The fourth-order valence-corrected chi connectivity index (χ4v) is 3.47. The molecule has 7 heteroatoms. The molecular formula is C20H22ClF3N2O. The number of hydrogen-bond donors (Lipinski definition) is 1. The van der Waals surface area contributed by atoms with Gasteiger partial charge in [-0.25, -0.2) is 0 Å². The van der Waals surface area contributed by atoms with E-state index in [4.69, 9.17) is 16.3 Å². The second kappa shape index (κ2) is 8.85. The van der Waals surface area contributed by atoms with E-state index in [0.717, 1.165) is 5.56 Å². The van der Waals surface area contributed by atoms with Crippen molar-refractivity contribution >= 4 is 17.3 Å². The second-order valence-corrected chi connectivity index (χ2v) is 6.69. The molecule has 146 valence electrons. The van der Waals surface area contributed by atoms with Crippen LogP contribution >= 0.6 is 11.6 Å². The van der Waals surface area contributed by atoms with Gasteiger partial charge in [-0.1, -0.05) is 18.2 Å². The first-order valence-corrected chi connectivity index (χ1v) is 9.45. The van der Waals surface area contributed by atoms with Crippen LogP contribution in [0.4, 0.5) is 18.9 Å². The molecule has 27 heavy (non-hydrogen) atoms. The number of hydrogen-bond acceptors (Lipinski definition) is 3. The van der Waals surface area contributed by atoms with Crippen LogP contribution in [-0.4, -0.2) is 32.8 Å². The van der Waals surface area contributed by atoms with Crippen LogP contribution in [0.15, 0.2) is 42.5 Å². The van der Waals surface area contributed by atoms with E-state index in [1.807, 2.05) is 30.3 Å². The van der Waals surface area contributed by atoms with Crippen LogP contribution in [0, 0.1) is 0 Å². The van der Waals surface area contributed by atoms with Crippen molar-refractivity contribution in [1.29, 1.82) is 0 Å². The van der Waals surface area contributed by atoms with E-state index in [1.165, 1.54) is 6.07 Å². The van der Waals surface area contributed by atoms with Crippen molar-refractivity contribution in [3.05, 3.63) is 59.2 Å². The first kappa shape index (κ1) is 19.8. The van der Waals surface area contributed by atoms with Gasteiger partial charge in [0.15, 0.2) is 0 Å². The summed E-state index contributed by atoms with van der Waals surface area (Å²) >= 11 is 6.05. The number of para-hydroxylation sites is 1. The van der Waals surface area contributed by atoms with Crippen molar-refractivity contribution in [2.75, 3.05) is 37.7 Å². The van der Waals surface area contributed by atoms with E-state index in [1.54, 1.807) is 11.0 Å². The minimum atomic E-state index is -4.42. The summed E-state index contributed by atoms with van der Waals surface area (Å²) in [5, 5.41) is 3.16. The minimum absolute atomic E-state index is 0.165. The van der Waals surface area contributed by atoms with Crippen molar-refractivity contribution < 1.29 is 17.9 Å². The Hall–Kier alpha value is -1.92. The number of ether oxygens (including phenoxy) is 1. The number of anilines is 1. The SMILES string of the molecule is FC(F)(F)c1cc(CCOc2ccccc2)c(CCl)cc1N1CCNCC1. The lowest BCUT2D eigenvalue weighted by Crippen LogP contribution is -2.44. The van der Waals surface area contributed by atoms with Crippen molar-refractivity contribution in [3.8, 4) is 5.75 Å². The van der Waals surface area contributed by atoms with Crippen LogP contribution in [0.2, 0.25) is 0 Å². The van der Waals surface area contributed by atoms with Gasteiger partial charge in [-0.05, 0) is 35.4 Å². The third-order valence-electron chi connectivity index (χ3n) is 4.61. The molecule has 1 aliphatic rings. The van der Waals surface area contributed by atoms with Crippen molar-refractivity contribution in [2.45, 2.75) is 18.5 Å². The summed E-state index contributed by atoms with van der Waals surface area (Å²) in [5.41, 5.74) is 0.905. The average Bonchev–Trinajstić information content (AvgIpc) is 2.68. The zero-order valence-electron chi connectivity index (χ0n) is 14.9. The highest BCUT2D eigenvalue weighted by Crippen LogP contribution is 2.39. The largest absolute Gasteiger partial charge is 0.493 e. The molecule has 0 saturated carbocycles. The number of alkyl halides is 4. The average molecular weight is 399 g/mol. The molecule has 0 spiro atoms. The molecule has 1 N–H and O–H groups in total. The van der Waals surface area contributed by atoms with Crippen molar-refractivity contribution in [2.24, 2.45) is 0 Å². The normalized spacial score (nSPS) is 15.0. The second-order valence-electron chi connectivity index (χ2n) is 6.42. The molecule has 1 aliphatic heterocycles. The highest BCUT2D eigenvalue weighted by molar-refractivity contribution is 6.17. The molecule has 3 nitrogen and oxygen atoms in total. The Labute approximate surface area is 162 Å². The zero-order valence-corrected chi connectivity index (χ0v) is 15.6. The fourth-order valence-electron chi connectivity index (χ4n) is 3.22. The van der Waals surface area contributed by atoms with Crippen LogP contribution < -0.4 is 15.0 Å². The predicted molar refractivity (Wildman–Crippen MR) is 102 cm³/mol. The molecular weight excluding hydrogens is 377 g/mol. The summed E-state index contributed by atoms with van der Waals surface area (Å²) in [6.07, 6.45) is -4.05. The van der Waals surface area contributed by atoms with E-state index in [0.29, 0.717) is 43.9 Å². The van der Waals surface area contributed by atoms with Crippen LogP contribution in [0.1, 0.15) is 16.7 Å². The topological polar surface area (TPSA) is 24.5 Å². The maximum absolute atomic E-state index is 13.7. The van der Waals surface area contributed by atoms with Gasteiger partial charge in [0, 0.05) is 44.2 Å². The summed E-state index contributed by atoms with van der Waals surface area (Å²) in [7, 11) is 0. The fraction of sp³-hybridized carbons (Fsp3) is 0.400. The molecule has 0 unspecified atom stereocenters. The first-order valence-electron chi connectivity index (χ1n) is 8.91. The summed E-state index contributed by atoms with van der Waals surface area (Å²) < 4.78 is 46.7. The molecule has 0 aliphatic carbocycles. The molecule has 0 radical (unpaired) electrons. The molecule has 2 aromatic rings. The van der Waals surface area contributed by atoms with E-state index in [2.05, 4.69) is 5.32 Å². The van der Waals surface area contributed by atoms with Crippen LogP contribution in [-0.2, 0) is 18.5 Å². The Morgan fingerprint density at radius 3 is 2.37 bits per heavy atom. The third-order valence-corrected chi connectivity index (χ3v) is 4.90. The maximum Gasteiger partial charge on any atom is 0.418 e. The van der Waals surface area contributed by atoms with Gasteiger partial charge in [0.1, 0.15) is 5.75 Å². The summed E-state index contributed by atoms with van der Waals surface area (Å²) in [6.45, 7) is 2.71. The molecule has 0 bridgehead atoms. The Kier molecular flexibility index (Phi) is 6.50. The molecule has 1 fully saturated rings. The number of nitrogens with zero attached hydrogens (tertiary/aromatic N) is 1. The summed E-state index contributed by atoms with van der Waals surface area (Å²) in [6, 6.07) is 12.0. The molecule has 2 aromatic carbocycles. The summed E-state index contributed by atoms with van der Waals surface area (Å²) in [5.74, 6) is 0.858. The lowest BCUT2D eigenvalue weighted by molar-refractivity contribution is -0.137. The van der Waals surface area contributed by atoms with Crippen LogP contribution in [0.5, 0.6) is 5.75 Å². The van der Waals surface area contributed by atoms with E-state index in [-0.39, 0.29) is 18.2 Å². The highest BCUT2D eigenvalue weighted by atomic mass is 35.5. The Morgan fingerprint density at radius 2 is 1.74 bits per heavy atom. The quantitative estimate of drug-likeness (QED) is 0.726. The first-order chi connectivity index (χ1) is 13.0. The highest BCUT2D eigenvalue weighted by Gasteiger charge is 2.36. The molecule has 1 heterocycles. The molecule has 0 amide bonds. The van der Waals surface area contributed by atoms with Gasteiger partial charge in [-0.2, -0.15) is 13.2 Å². The van der Waals surface area contributed by atoms with E-state index < -0.39 is 11.7 Å². The smallest absolute Gasteiger partial charge is 0.418 e. The Bertz CT molecular complexity index is 747. The van der Waals surface area contributed by atoms with Gasteiger partial charge in [-0.15, -0.1) is 11.6 Å². The number of halogens is 4. The number of benzene rings is 2. The van der Waals surface area contributed by atoms with Gasteiger partial charge in [-0.3, -0.25) is 0 Å². The molecule has 1 saturated heterocycles. The minimum Gasteiger partial charge on any atom is -0.493 e. The lowest BCUT2D eigenvalue weighted by atomic mass is 9.99. The Balaban J connectivity index is 1.84. The monoisotopic (exact) mass is 398 g/mol. The third kappa shape index (κ3) is 5.08. The van der Waals surface area contributed by atoms with Gasteiger partial charge in [0.25, 0.3) is 0 Å². The van der Waals surface area contributed by atoms with Gasteiger partial charge >= 0.3 is 6.18 Å². The maximum atomic E-state index is 13.7. The molecule has 0 atom stereocenters. The van der Waals surface area contributed by atoms with Crippen LogP contribution in [0.3, 0.4) is 0 Å². The van der Waals surface area contributed by atoms with Gasteiger partial charge in [0.05, 0.1) is 12.2 Å². The summed E-state index contributed by atoms with van der Waals surface area (Å²) in [4.78, 5) is 1.78.